The van der Waals surface area contributed by atoms with Crippen LogP contribution in [0.25, 0.3) is 54.7 Å². The molecule has 0 bridgehead atoms. The number of nitrogens with zero attached hydrogens (tertiary/aromatic N) is 3. The Morgan fingerprint density at radius 2 is 1.37 bits per heavy atom. The Morgan fingerprint density at radius 1 is 0.761 bits per heavy atom. The normalized spacial score (nSPS) is 11.9. The van der Waals surface area contributed by atoms with Gasteiger partial charge in [-0.2, -0.15) is 0 Å². The Bertz CT molecular complexity index is 2020. The summed E-state index contributed by atoms with van der Waals surface area (Å²) in [5.74, 6) is 0.547. The Labute approximate surface area is 286 Å². The maximum atomic E-state index is 11.7. The molecule has 0 spiro atoms. The summed E-state index contributed by atoms with van der Waals surface area (Å²) in [5, 5.41) is 16.9. The standard InChI is InChI=1S/C27H20N3.C13H24O2.Ir/c1-14-8-15(2)10-18(9-14)24-13-22-21-11-16(3)28-23-7-5-6-19(25(21)23)20-12-17(4)29-27(30-24)26(20)22;1-5-10(6-2)12(14)9-13(15)11(7-3)8-4;/h5-9,11-13H,1-4H3;9-11,14H,5-8H2,1-4H3;/q-1;;/b;12-9-;. The molecule has 6 rings (SSSR count). The van der Waals surface area contributed by atoms with Crippen LogP contribution in [0.15, 0.2) is 60.4 Å². The Kier molecular flexibility index (Phi) is 11.3. The van der Waals surface area contributed by atoms with E-state index in [4.69, 9.17) is 15.0 Å². The van der Waals surface area contributed by atoms with Crippen molar-refractivity contribution in [2.75, 3.05) is 0 Å². The number of pyridine rings is 3. The minimum atomic E-state index is 0. The molecule has 3 aromatic heterocycles. The van der Waals surface area contributed by atoms with E-state index in [1.54, 1.807) is 0 Å². The number of fused-ring (bicyclic) bond motifs is 2. The maximum Gasteiger partial charge on any atom is 0.162 e. The van der Waals surface area contributed by atoms with Crippen molar-refractivity contribution in [1.29, 1.82) is 0 Å². The van der Waals surface area contributed by atoms with E-state index in [-0.39, 0.29) is 43.5 Å². The van der Waals surface area contributed by atoms with Crippen LogP contribution in [0.4, 0.5) is 0 Å². The molecule has 1 N–H and O–H groups in total. The van der Waals surface area contributed by atoms with Crippen LogP contribution in [0.5, 0.6) is 0 Å². The van der Waals surface area contributed by atoms with E-state index in [0.29, 0.717) is 0 Å². The minimum Gasteiger partial charge on any atom is -0.512 e. The number of hydrogen-bond acceptors (Lipinski definition) is 5. The molecule has 0 saturated heterocycles. The molecule has 46 heavy (non-hydrogen) atoms. The number of benzene rings is 3. The molecule has 0 fully saturated rings. The van der Waals surface area contributed by atoms with E-state index in [1.165, 1.54) is 38.6 Å². The van der Waals surface area contributed by atoms with Gasteiger partial charge in [0, 0.05) is 60.2 Å². The minimum absolute atomic E-state index is 0. The van der Waals surface area contributed by atoms with Crippen molar-refractivity contribution in [3.63, 3.8) is 0 Å². The van der Waals surface area contributed by atoms with Gasteiger partial charge in [0.1, 0.15) is 0 Å². The van der Waals surface area contributed by atoms with Gasteiger partial charge < -0.3 is 5.11 Å². The molecule has 3 heterocycles. The molecular weight excluding hydrogens is 747 g/mol. The molecule has 0 aliphatic carbocycles. The van der Waals surface area contributed by atoms with Crippen LogP contribution >= 0.6 is 0 Å². The Morgan fingerprint density at radius 3 is 2.00 bits per heavy atom. The number of rotatable bonds is 8. The van der Waals surface area contributed by atoms with Crippen molar-refractivity contribution in [2.24, 2.45) is 11.8 Å². The molecule has 0 saturated carbocycles. The fourth-order valence-electron chi connectivity index (χ4n) is 6.59. The molecule has 0 aliphatic heterocycles. The third-order valence-electron chi connectivity index (χ3n) is 8.95. The van der Waals surface area contributed by atoms with Crippen molar-refractivity contribution in [1.82, 2.24) is 15.0 Å². The number of carbonyl (C=O) groups is 1. The van der Waals surface area contributed by atoms with Gasteiger partial charge in [-0.1, -0.05) is 59.7 Å². The predicted molar refractivity (Wildman–Crippen MR) is 188 cm³/mol. The van der Waals surface area contributed by atoms with Crippen LogP contribution in [-0.4, -0.2) is 25.8 Å². The predicted octanol–water partition coefficient (Wildman–Crippen LogP) is 10.5. The molecule has 241 valence electrons. The van der Waals surface area contributed by atoms with Gasteiger partial charge in [-0.05, 0) is 85.0 Å². The van der Waals surface area contributed by atoms with Gasteiger partial charge in [-0.3, -0.25) is 14.8 Å². The molecule has 0 unspecified atom stereocenters. The monoisotopic (exact) mass is 791 g/mol. The fourth-order valence-corrected chi connectivity index (χ4v) is 6.59. The van der Waals surface area contributed by atoms with Crippen LogP contribution < -0.4 is 0 Å². The number of aliphatic hydroxyl groups is 1. The van der Waals surface area contributed by atoms with Gasteiger partial charge in [-0.15, -0.1) is 34.9 Å². The SMILES string of the molecule is CCC(CC)C(=O)/C=C(\O)C(CC)CC.Cc1[c-]c(-c2cc3c4cc(C)nc5cccc(c6cc(C)nc(n2)c63)c54)cc(C)c1.[Ir]. The van der Waals surface area contributed by atoms with Gasteiger partial charge in [0.05, 0.1) is 11.3 Å². The van der Waals surface area contributed by atoms with Crippen molar-refractivity contribution >= 4 is 49.3 Å². The zero-order valence-corrected chi connectivity index (χ0v) is 30.6. The topological polar surface area (TPSA) is 76.0 Å². The first-order valence-corrected chi connectivity index (χ1v) is 16.3. The first-order valence-electron chi connectivity index (χ1n) is 16.3. The summed E-state index contributed by atoms with van der Waals surface area (Å²) in [4.78, 5) is 26.3. The molecule has 3 aromatic carbocycles. The molecule has 0 atom stereocenters. The summed E-state index contributed by atoms with van der Waals surface area (Å²) in [7, 11) is 0. The summed E-state index contributed by atoms with van der Waals surface area (Å²) in [5.41, 5.74) is 8.06. The van der Waals surface area contributed by atoms with E-state index >= 15 is 0 Å². The van der Waals surface area contributed by atoms with Gasteiger partial charge in [0.15, 0.2) is 11.4 Å². The van der Waals surface area contributed by atoms with Gasteiger partial charge in [0.2, 0.25) is 0 Å². The van der Waals surface area contributed by atoms with Gasteiger partial charge in [0.25, 0.3) is 0 Å². The van der Waals surface area contributed by atoms with Crippen molar-refractivity contribution in [2.45, 2.75) is 81.1 Å². The summed E-state index contributed by atoms with van der Waals surface area (Å²) >= 11 is 0. The number of carbonyl (C=O) groups excluding carboxylic acids is 1. The molecule has 1 radical (unpaired) electrons. The van der Waals surface area contributed by atoms with Crippen LogP contribution in [-0.2, 0) is 24.9 Å². The van der Waals surface area contributed by atoms with Crippen LogP contribution in [0.2, 0.25) is 0 Å². The van der Waals surface area contributed by atoms with E-state index in [2.05, 4.69) is 75.4 Å². The second-order valence-electron chi connectivity index (χ2n) is 12.3. The summed E-state index contributed by atoms with van der Waals surface area (Å²) in [6.07, 6.45) is 4.91. The third-order valence-corrected chi connectivity index (χ3v) is 8.95. The van der Waals surface area contributed by atoms with Gasteiger partial charge in [-0.25, -0.2) is 4.98 Å². The summed E-state index contributed by atoms with van der Waals surface area (Å²) in [6, 6.07) is 20.7. The first kappa shape index (κ1) is 35.1. The molecule has 0 amide bonds. The van der Waals surface area contributed by atoms with Crippen LogP contribution in [0, 0.1) is 45.6 Å². The number of allylic oxidation sites excluding steroid dienone is 2. The smallest absolute Gasteiger partial charge is 0.162 e. The van der Waals surface area contributed by atoms with Gasteiger partial charge >= 0.3 is 0 Å². The molecule has 0 aliphatic rings. The van der Waals surface area contributed by atoms with E-state index in [9.17, 15) is 9.90 Å². The summed E-state index contributed by atoms with van der Waals surface area (Å²) in [6.45, 7) is 16.4. The molecular formula is C40H44IrN3O2-. The third kappa shape index (κ3) is 6.99. The Hall–Kier alpha value is -3.73. The number of aromatic nitrogens is 3. The Balaban J connectivity index is 0.000000259. The van der Waals surface area contributed by atoms with E-state index in [1.807, 2.05) is 34.6 Å². The molecule has 6 heteroatoms. The largest absolute Gasteiger partial charge is 0.512 e. The maximum absolute atomic E-state index is 11.7. The second-order valence-corrected chi connectivity index (χ2v) is 12.3. The quantitative estimate of drug-likeness (QED) is 0.0546. The van der Waals surface area contributed by atoms with E-state index in [0.717, 1.165) is 70.4 Å². The van der Waals surface area contributed by atoms with Crippen molar-refractivity contribution < 1.29 is 30.0 Å². The summed E-state index contributed by atoms with van der Waals surface area (Å²) < 4.78 is 0. The zero-order valence-electron chi connectivity index (χ0n) is 28.2. The molecule has 6 aromatic rings. The van der Waals surface area contributed by atoms with Crippen LogP contribution in [0.1, 0.15) is 75.9 Å². The average molecular weight is 791 g/mol. The van der Waals surface area contributed by atoms with E-state index < -0.39 is 0 Å². The number of hydrogen-bond donors (Lipinski definition) is 1. The molecule has 5 nitrogen and oxygen atoms in total. The van der Waals surface area contributed by atoms with Crippen LogP contribution in [0.3, 0.4) is 0 Å². The fraction of sp³-hybridized carbons (Fsp3) is 0.350. The van der Waals surface area contributed by atoms with Crippen molar-refractivity contribution in [3.05, 3.63) is 88.9 Å². The average Bonchev–Trinajstić information content (AvgIpc) is 3.00. The van der Waals surface area contributed by atoms with Crippen molar-refractivity contribution in [3.8, 4) is 11.3 Å². The number of aryl methyl sites for hydroxylation is 4. The number of ketones is 1. The zero-order chi connectivity index (χ0) is 32.4. The first-order chi connectivity index (χ1) is 21.6. The second kappa shape index (κ2) is 14.8. The number of aliphatic hydroxyl groups excluding tert-OH is 1.